The molecule has 0 aliphatic heterocycles. The van der Waals surface area contributed by atoms with Crippen molar-refractivity contribution in [1.29, 1.82) is 0 Å². The van der Waals surface area contributed by atoms with E-state index in [0.717, 1.165) is 5.56 Å². The van der Waals surface area contributed by atoms with Gasteiger partial charge in [-0.1, -0.05) is 24.3 Å². The Hall–Kier alpha value is -1.15. The molecule has 0 atom stereocenters. The van der Waals surface area contributed by atoms with Crippen LogP contribution in [0.5, 0.6) is 0 Å². The number of ether oxygens (including phenoxy) is 1. The zero-order valence-corrected chi connectivity index (χ0v) is 6.96. The summed E-state index contributed by atoms with van der Waals surface area (Å²) >= 11 is 0. The van der Waals surface area contributed by atoms with Crippen molar-refractivity contribution in [3.8, 4) is 0 Å². The topological polar surface area (TPSA) is 9.23 Å². The summed E-state index contributed by atoms with van der Waals surface area (Å²) in [5.41, 5.74) is 0.980. The summed E-state index contributed by atoms with van der Waals surface area (Å²) in [5.74, 6) is -0.209. The van der Waals surface area contributed by atoms with E-state index in [9.17, 15) is 4.39 Å². The first kappa shape index (κ1) is 8.94. The summed E-state index contributed by atoms with van der Waals surface area (Å²) in [6, 6.07) is 6.32. The van der Waals surface area contributed by atoms with Gasteiger partial charge in [0.25, 0.3) is 0 Å². The molecule has 0 bridgehead atoms. The van der Waals surface area contributed by atoms with Crippen molar-refractivity contribution in [3.63, 3.8) is 0 Å². The zero-order valence-electron chi connectivity index (χ0n) is 6.96. The van der Waals surface area contributed by atoms with Crippen molar-refractivity contribution in [2.45, 2.75) is 0 Å². The van der Waals surface area contributed by atoms with Crippen molar-refractivity contribution in [2.24, 2.45) is 0 Å². The average Bonchev–Trinajstić information content (AvgIpc) is 2.09. The number of methoxy groups -OCH3 is 1. The molecule has 64 valence electrons. The predicted molar refractivity (Wildman–Crippen MR) is 47.3 cm³/mol. The van der Waals surface area contributed by atoms with Gasteiger partial charge in [-0.25, -0.2) is 4.39 Å². The summed E-state index contributed by atoms with van der Waals surface area (Å²) in [6.45, 7) is 0.581. The van der Waals surface area contributed by atoms with Gasteiger partial charge >= 0.3 is 0 Å². The highest BCUT2D eigenvalue weighted by Gasteiger charge is 1.87. The molecule has 2 heteroatoms. The second-order valence-corrected chi connectivity index (χ2v) is 2.41. The fourth-order valence-electron chi connectivity index (χ4n) is 0.854. The Kier molecular flexibility index (Phi) is 3.48. The molecule has 0 saturated carbocycles. The fraction of sp³-hybridized carbons (Fsp3) is 0.200. The third-order valence-electron chi connectivity index (χ3n) is 1.44. The van der Waals surface area contributed by atoms with E-state index in [-0.39, 0.29) is 5.82 Å². The monoisotopic (exact) mass is 166 g/mol. The van der Waals surface area contributed by atoms with Crippen LogP contribution in [0.15, 0.2) is 30.3 Å². The van der Waals surface area contributed by atoms with Gasteiger partial charge in [-0.2, -0.15) is 0 Å². The highest BCUT2D eigenvalue weighted by molar-refractivity contribution is 5.48. The van der Waals surface area contributed by atoms with Gasteiger partial charge in [0.1, 0.15) is 5.82 Å². The summed E-state index contributed by atoms with van der Waals surface area (Å²) < 4.78 is 17.3. The Bertz CT molecular complexity index is 251. The highest BCUT2D eigenvalue weighted by atomic mass is 19.1. The molecule has 1 aromatic rings. The molecule has 0 unspecified atom stereocenters. The molecule has 0 saturated heterocycles. The van der Waals surface area contributed by atoms with Crippen LogP contribution in [0.3, 0.4) is 0 Å². The van der Waals surface area contributed by atoms with Crippen LogP contribution in [-0.2, 0) is 4.74 Å². The molecule has 1 rings (SSSR count). The van der Waals surface area contributed by atoms with Gasteiger partial charge < -0.3 is 4.74 Å². The number of benzene rings is 1. The van der Waals surface area contributed by atoms with E-state index in [2.05, 4.69) is 0 Å². The minimum Gasteiger partial charge on any atom is -0.381 e. The van der Waals surface area contributed by atoms with E-state index < -0.39 is 0 Å². The van der Waals surface area contributed by atoms with E-state index in [1.807, 2.05) is 12.2 Å². The van der Waals surface area contributed by atoms with E-state index in [1.165, 1.54) is 12.1 Å². The third kappa shape index (κ3) is 2.84. The molecule has 1 aromatic carbocycles. The van der Waals surface area contributed by atoms with Gasteiger partial charge in [0.15, 0.2) is 0 Å². The van der Waals surface area contributed by atoms with Crippen LogP contribution in [0.4, 0.5) is 4.39 Å². The molecule has 1 nitrogen and oxygen atoms in total. The Morgan fingerprint density at radius 2 is 2.00 bits per heavy atom. The molecule has 0 heterocycles. The molecular weight excluding hydrogens is 155 g/mol. The zero-order chi connectivity index (χ0) is 8.81. The van der Waals surface area contributed by atoms with Crippen LogP contribution in [0.2, 0.25) is 0 Å². The maximum atomic E-state index is 12.4. The summed E-state index contributed by atoms with van der Waals surface area (Å²) in [5, 5.41) is 0. The van der Waals surface area contributed by atoms with Crippen molar-refractivity contribution >= 4 is 6.08 Å². The second kappa shape index (κ2) is 4.67. The minimum absolute atomic E-state index is 0.209. The Labute approximate surface area is 71.5 Å². The first-order valence-corrected chi connectivity index (χ1v) is 3.74. The first-order chi connectivity index (χ1) is 5.83. The Morgan fingerprint density at radius 1 is 1.33 bits per heavy atom. The molecule has 0 N–H and O–H groups in total. The van der Waals surface area contributed by atoms with Crippen molar-refractivity contribution in [1.82, 2.24) is 0 Å². The largest absolute Gasteiger partial charge is 0.381 e. The number of rotatable bonds is 3. The molecule has 0 aliphatic rings. The smallest absolute Gasteiger partial charge is 0.123 e. The molecule has 0 radical (unpaired) electrons. The van der Waals surface area contributed by atoms with Crippen LogP contribution in [0.1, 0.15) is 5.56 Å². The third-order valence-corrected chi connectivity index (χ3v) is 1.44. The lowest BCUT2D eigenvalue weighted by Gasteiger charge is -1.92. The van der Waals surface area contributed by atoms with Crippen molar-refractivity contribution < 1.29 is 9.13 Å². The first-order valence-electron chi connectivity index (χ1n) is 3.74. The van der Waals surface area contributed by atoms with Crippen LogP contribution < -0.4 is 0 Å². The minimum atomic E-state index is -0.209. The van der Waals surface area contributed by atoms with Gasteiger partial charge in [-0.3, -0.25) is 0 Å². The van der Waals surface area contributed by atoms with Gasteiger partial charge in [0, 0.05) is 7.11 Å². The van der Waals surface area contributed by atoms with Crippen molar-refractivity contribution in [2.75, 3.05) is 13.7 Å². The predicted octanol–water partition coefficient (Wildman–Crippen LogP) is 2.49. The summed E-state index contributed by atoms with van der Waals surface area (Å²) in [6.07, 6.45) is 3.77. The fourth-order valence-corrected chi connectivity index (χ4v) is 0.854. The second-order valence-electron chi connectivity index (χ2n) is 2.41. The summed E-state index contributed by atoms with van der Waals surface area (Å²) in [7, 11) is 1.63. The standard InChI is InChI=1S/C10H11FO/c1-12-8-2-3-9-4-6-10(11)7-5-9/h2-7H,8H2,1H3/b3-2-. The maximum absolute atomic E-state index is 12.4. The van der Waals surface area contributed by atoms with Gasteiger partial charge in [-0.15, -0.1) is 0 Å². The molecule has 0 aliphatic carbocycles. The maximum Gasteiger partial charge on any atom is 0.123 e. The molecule has 0 fully saturated rings. The lowest BCUT2D eigenvalue weighted by molar-refractivity contribution is 0.234. The Balaban J connectivity index is 2.58. The van der Waals surface area contributed by atoms with E-state index >= 15 is 0 Å². The number of hydrogen-bond donors (Lipinski definition) is 0. The number of hydrogen-bond acceptors (Lipinski definition) is 1. The van der Waals surface area contributed by atoms with E-state index in [1.54, 1.807) is 19.2 Å². The average molecular weight is 166 g/mol. The lowest BCUT2D eigenvalue weighted by Crippen LogP contribution is -1.80. The molecular formula is C10H11FO. The van der Waals surface area contributed by atoms with Crippen LogP contribution >= 0.6 is 0 Å². The highest BCUT2D eigenvalue weighted by Crippen LogP contribution is 2.04. The number of halogens is 1. The normalized spacial score (nSPS) is 10.8. The molecule has 0 aromatic heterocycles. The van der Waals surface area contributed by atoms with Crippen LogP contribution in [0.25, 0.3) is 6.08 Å². The lowest BCUT2D eigenvalue weighted by atomic mass is 10.2. The Morgan fingerprint density at radius 3 is 2.58 bits per heavy atom. The SMILES string of the molecule is COC/C=C\c1ccc(F)cc1. The van der Waals surface area contributed by atoms with Crippen LogP contribution in [0, 0.1) is 5.82 Å². The molecule has 0 spiro atoms. The van der Waals surface area contributed by atoms with Gasteiger partial charge in [0.2, 0.25) is 0 Å². The summed E-state index contributed by atoms with van der Waals surface area (Å²) in [4.78, 5) is 0. The van der Waals surface area contributed by atoms with E-state index in [0.29, 0.717) is 6.61 Å². The quantitative estimate of drug-likeness (QED) is 0.670. The molecule has 0 amide bonds. The molecule has 12 heavy (non-hydrogen) atoms. The van der Waals surface area contributed by atoms with Gasteiger partial charge in [-0.05, 0) is 17.7 Å². The van der Waals surface area contributed by atoms with E-state index in [4.69, 9.17) is 4.74 Å². The van der Waals surface area contributed by atoms with Gasteiger partial charge in [0.05, 0.1) is 6.61 Å². The van der Waals surface area contributed by atoms with Crippen molar-refractivity contribution in [3.05, 3.63) is 41.7 Å². The van der Waals surface area contributed by atoms with Crippen LogP contribution in [-0.4, -0.2) is 13.7 Å².